The van der Waals surface area contributed by atoms with Crippen LogP contribution in [0.1, 0.15) is 22.8 Å². The summed E-state index contributed by atoms with van der Waals surface area (Å²) in [6, 6.07) is 28.3. The van der Waals surface area contributed by atoms with Crippen molar-refractivity contribution in [1.82, 2.24) is 10.3 Å². The molecular formula is C31H28N4O4S. The van der Waals surface area contributed by atoms with Crippen molar-refractivity contribution in [3.8, 4) is 5.75 Å². The molecule has 0 aliphatic rings. The van der Waals surface area contributed by atoms with Gasteiger partial charge in [-0.25, -0.2) is 4.98 Å². The fraction of sp³-hybridized carbons (Fsp3) is 0.0968. The molecule has 8 nitrogen and oxygen atoms in total. The number of nitrogens with one attached hydrogen (secondary N) is 3. The third-order valence-corrected chi connectivity index (χ3v) is 6.76. The maximum absolute atomic E-state index is 13.3. The van der Waals surface area contributed by atoms with E-state index in [1.54, 1.807) is 92.2 Å². The SMILES string of the molecule is COc1cccc(/C=C(\NC(=O)c2ccccc2)C(=O)Nc2ccc(SC(C)C(=O)Nc3ccccn3)cc2)c1. The van der Waals surface area contributed by atoms with Crippen molar-refractivity contribution in [2.24, 2.45) is 0 Å². The first-order valence-corrected chi connectivity index (χ1v) is 13.3. The minimum absolute atomic E-state index is 0.0698. The number of pyridine rings is 1. The van der Waals surface area contributed by atoms with Crippen LogP contribution in [0.25, 0.3) is 6.08 Å². The molecule has 3 aromatic carbocycles. The maximum Gasteiger partial charge on any atom is 0.272 e. The first kappa shape index (κ1) is 28.1. The predicted octanol–water partition coefficient (Wildman–Crippen LogP) is 5.62. The summed E-state index contributed by atoms with van der Waals surface area (Å²) in [6.45, 7) is 1.81. The number of aromatic nitrogens is 1. The quantitative estimate of drug-likeness (QED) is 0.174. The van der Waals surface area contributed by atoms with Gasteiger partial charge in [-0.15, -0.1) is 11.8 Å². The van der Waals surface area contributed by atoms with Crippen LogP contribution in [0.4, 0.5) is 11.5 Å². The van der Waals surface area contributed by atoms with E-state index < -0.39 is 11.8 Å². The Kier molecular flexibility index (Phi) is 9.68. The van der Waals surface area contributed by atoms with Gasteiger partial charge in [-0.2, -0.15) is 0 Å². The van der Waals surface area contributed by atoms with Crippen LogP contribution in [0.2, 0.25) is 0 Å². The van der Waals surface area contributed by atoms with Crippen LogP contribution in [-0.4, -0.2) is 35.1 Å². The molecule has 0 saturated heterocycles. The van der Waals surface area contributed by atoms with Crippen LogP contribution in [-0.2, 0) is 9.59 Å². The predicted molar refractivity (Wildman–Crippen MR) is 158 cm³/mol. The summed E-state index contributed by atoms with van der Waals surface area (Å²) in [6.07, 6.45) is 3.20. The minimum atomic E-state index is -0.490. The van der Waals surface area contributed by atoms with Gasteiger partial charge in [-0.05, 0) is 79.2 Å². The van der Waals surface area contributed by atoms with Crippen molar-refractivity contribution in [2.75, 3.05) is 17.7 Å². The third kappa shape index (κ3) is 8.05. The van der Waals surface area contributed by atoms with E-state index in [1.165, 1.54) is 11.8 Å². The first-order valence-electron chi connectivity index (χ1n) is 12.4. The lowest BCUT2D eigenvalue weighted by molar-refractivity contribution is -0.115. The molecule has 1 unspecified atom stereocenters. The summed E-state index contributed by atoms with van der Waals surface area (Å²) in [5, 5.41) is 7.98. The summed E-state index contributed by atoms with van der Waals surface area (Å²) < 4.78 is 5.28. The number of carbonyl (C=O) groups is 3. The number of nitrogens with zero attached hydrogens (tertiary/aromatic N) is 1. The van der Waals surface area contributed by atoms with Gasteiger partial charge in [0.1, 0.15) is 17.3 Å². The Morgan fingerprint density at radius 2 is 1.62 bits per heavy atom. The highest BCUT2D eigenvalue weighted by Crippen LogP contribution is 2.26. The Morgan fingerprint density at radius 1 is 0.875 bits per heavy atom. The van der Waals surface area contributed by atoms with E-state index in [0.717, 1.165) is 4.90 Å². The van der Waals surface area contributed by atoms with Gasteiger partial charge in [0.05, 0.1) is 12.4 Å². The molecule has 1 atom stereocenters. The Morgan fingerprint density at radius 3 is 2.33 bits per heavy atom. The first-order chi connectivity index (χ1) is 19.4. The summed E-state index contributed by atoms with van der Waals surface area (Å²) >= 11 is 1.38. The Bertz CT molecular complexity index is 1490. The van der Waals surface area contributed by atoms with E-state index in [-0.39, 0.29) is 16.9 Å². The van der Waals surface area contributed by atoms with Crippen LogP contribution in [0.5, 0.6) is 5.75 Å². The second-order valence-electron chi connectivity index (χ2n) is 8.60. The zero-order chi connectivity index (χ0) is 28.3. The van der Waals surface area contributed by atoms with Crippen molar-refractivity contribution in [3.63, 3.8) is 0 Å². The molecule has 202 valence electrons. The van der Waals surface area contributed by atoms with Crippen molar-refractivity contribution in [1.29, 1.82) is 0 Å². The van der Waals surface area contributed by atoms with Crippen LogP contribution in [0, 0.1) is 0 Å². The van der Waals surface area contributed by atoms with Crippen molar-refractivity contribution in [2.45, 2.75) is 17.1 Å². The summed E-state index contributed by atoms with van der Waals surface area (Å²) in [5.41, 5.74) is 1.71. The van der Waals surface area contributed by atoms with Crippen LogP contribution < -0.4 is 20.7 Å². The van der Waals surface area contributed by atoms with Gasteiger partial charge in [0.15, 0.2) is 0 Å². The molecule has 0 aliphatic carbocycles. The number of thioether (sulfide) groups is 1. The second kappa shape index (κ2) is 13.8. The number of anilines is 2. The van der Waals surface area contributed by atoms with E-state index in [1.807, 2.05) is 31.2 Å². The third-order valence-electron chi connectivity index (χ3n) is 5.64. The average Bonchev–Trinajstić information content (AvgIpc) is 2.98. The Hall–Kier alpha value is -4.89. The van der Waals surface area contributed by atoms with Crippen molar-refractivity contribution >= 4 is 47.1 Å². The zero-order valence-corrected chi connectivity index (χ0v) is 22.8. The molecule has 40 heavy (non-hydrogen) atoms. The lowest BCUT2D eigenvalue weighted by Crippen LogP contribution is -2.30. The summed E-state index contributed by atoms with van der Waals surface area (Å²) in [5.74, 6) is 0.0573. The highest BCUT2D eigenvalue weighted by atomic mass is 32.2. The fourth-order valence-electron chi connectivity index (χ4n) is 3.58. The highest BCUT2D eigenvalue weighted by Gasteiger charge is 2.17. The van der Waals surface area contributed by atoms with Gasteiger partial charge >= 0.3 is 0 Å². The van der Waals surface area contributed by atoms with E-state index in [9.17, 15) is 14.4 Å². The molecule has 3 amide bonds. The molecule has 3 N–H and O–H groups in total. The van der Waals surface area contributed by atoms with Crippen LogP contribution >= 0.6 is 11.8 Å². The number of benzene rings is 3. The second-order valence-corrected chi connectivity index (χ2v) is 10.0. The van der Waals surface area contributed by atoms with Crippen molar-refractivity contribution < 1.29 is 19.1 Å². The normalized spacial score (nSPS) is 11.7. The fourth-order valence-corrected chi connectivity index (χ4v) is 4.45. The number of amides is 3. The van der Waals surface area contributed by atoms with Crippen LogP contribution in [0.3, 0.4) is 0 Å². The molecule has 4 aromatic rings. The van der Waals surface area contributed by atoms with Gasteiger partial charge in [0, 0.05) is 22.3 Å². The van der Waals surface area contributed by atoms with E-state index in [4.69, 9.17) is 4.74 Å². The highest BCUT2D eigenvalue weighted by molar-refractivity contribution is 8.00. The number of ether oxygens (including phenoxy) is 1. The summed E-state index contributed by atoms with van der Waals surface area (Å²) in [4.78, 5) is 43.6. The zero-order valence-electron chi connectivity index (χ0n) is 22.0. The largest absolute Gasteiger partial charge is 0.497 e. The molecule has 1 heterocycles. The van der Waals surface area contributed by atoms with Crippen LogP contribution in [0.15, 0.2) is 114 Å². The lowest BCUT2D eigenvalue weighted by atomic mass is 10.1. The number of carbonyl (C=O) groups excluding carboxylic acids is 3. The maximum atomic E-state index is 13.3. The van der Waals surface area contributed by atoms with Gasteiger partial charge in [0.2, 0.25) is 5.91 Å². The monoisotopic (exact) mass is 552 g/mol. The Balaban J connectivity index is 1.45. The van der Waals surface area contributed by atoms with Gasteiger partial charge in [-0.1, -0.05) is 36.4 Å². The van der Waals surface area contributed by atoms with E-state index in [0.29, 0.717) is 28.4 Å². The minimum Gasteiger partial charge on any atom is -0.497 e. The average molecular weight is 553 g/mol. The van der Waals surface area contributed by atoms with E-state index >= 15 is 0 Å². The molecule has 4 rings (SSSR count). The van der Waals surface area contributed by atoms with Gasteiger partial charge in [0.25, 0.3) is 11.8 Å². The molecule has 0 fully saturated rings. The molecule has 0 radical (unpaired) electrons. The molecular weight excluding hydrogens is 524 g/mol. The van der Waals surface area contributed by atoms with Gasteiger partial charge < -0.3 is 20.7 Å². The van der Waals surface area contributed by atoms with E-state index in [2.05, 4.69) is 20.9 Å². The number of rotatable bonds is 10. The Labute approximate surface area is 236 Å². The molecule has 0 saturated carbocycles. The standard InChI is InChI=1S/C31H28N4O4S/c1-21(29(36)35-28-13-6-7-18-32-28)40-26-16-14-24(15-17-26)33-31(38)27(20-22-9-8-12-25(19-22)39-2)34-30(37)23-10-4-3-5-11-23/h3-21H,1-2H3,(H,33,38)(H,34,37)(H,32,35,36)/b27-20-. The van der Waals surface area contributed by atoms with Crippen molar-refractivity contribution in [3.05, 3.63) is 120 Å². The number of hydrogen-bond donors (Lipinski definition) is 3. The number of hydrogen-bond acceptors (Lipinski definition) is 6. The topological polar surface area (TPSA) is 109 Å². The molecule has 0 aliphatic heterocycles. The lowest BCUT2D eigenvalue weighted by Gasteiger charge is -2.13. The molecule has 0 bridgehead atoms. The van der Waals surface area contributed by atoms with Gasteiger partial charge in [-0.3, -0.25) is 14.4 Å². The number of methoxy groups -OCH3 is 1. The smallest absolute Gasteiger partial charge is 0.272 e. The molecule has 0 spiro atoms. The summed E-state index contributed by atoms with van der Waals surface area (Å²) in [7, 11) is 1.56. The molecule has 9 heteroatoms. The molecule has 1 aromatic heterocycles.